The molecule has 0 spiro atoms. The summed E-state index contributed by atoms with van der Waals surface area (Å²) in [6.45, 7) is 0.360. The number of benzene rings is 1. The zero-order valence-corrected chi connectivity index (χ0v) is 10.7. The summed E-state index contributed by atoms with van der Waals surface area (Å²) in [7, 11) is 0. The van der Waals surface area contributed by atoms with Gasteiger partial charge >= 0.3 is 6.09 Å². The van der Waals surface area contributed by atoms with Gasteiger partial charge in [-0.1, -0.05) is 33.6 Å². The molecule has 82 valence electrons. The maximum atomic E-state index is 10.8. The number of hydrogen-bond acceptors (Lipinski definition) is 2. The van der Waals surface area contributed by atoms with E-state index >= 15 is 0 Å². The molecule has 0 bridgehead atoms. The monoisotopic (exact) mass is 311 g/mol. The maximum Gasteiger partial charge on any atom is 0.407 e. The molecule has 1 aromatic rings. The first-order valence-corrected chi connectivity index (χ1v) is 5.22. The topological polar surface area (TPSA) is 38.3 Å². The largest absolute Gasteiger partial charge is 0.447 e. The molecule has 0 radical (unpaired) electrons. The van der Waals surface area contributed by atoms with Crippen LogP contribution < -0.4 is 5.32 Å². The lowest BCUT2D eigenvalue weighted by Crippen LogP contribution is -2.18. The highest BCUT2D eigenvalue weighted by Gasteiger charge is 2.25. The second kappa shape index (κ2) is 5.05. The summed E-state index contributed by atoms with van der Waals surface area (Å²) in [5.41, 5.74) is 0.972. The molecule has 1 amide bonds. The number of halogens is 3. The Morgan fingerprint density at radius 2 is 2.27 bits per heavy atom. The van der Waals surface area contributed by atoms with Gasteiger partial charge < -0.3 is 10.1 Å². The summed E-state index contributed by atoms with van der Waals surface area (Å²) >= 11 is 9.19. The quantitative estimate of drug-likeness (QED) is 0.864. The third-order valence-corrected chi connectivity index (χ3v) is 2.93. The molecule has 1 aliphatic rings. The molecule has 0 saturated carbocycles. The van der Waals surface area contributed by atoms with E-state index in [0.29, 0.717) is 11.6 Å². The Kier molecular flexibility index (Phi) is 4.25. The van der Waals surface area contributed by atoms with Gasteiger partial charge in [0.2, 0.25) is 0 Å². The van der Waals surface area contributed by atoms with E-state index in [4.69, 9.17) is 16.3 Å². The summed E-state index contributed by atoms with van der Waals surface area (Å²) in [5.74, 6) is 0. The Morgan fingerprint density at radius 3 is 2.80 bits per heavy atom. The van der Waals surface area contributed by atoms with Crippen LogP contribution in [0.15, 0.2) is 22.7 Å². The lowest BCUT2D eigenvalue weighted by molar-refractivity contribution is 0.177. The van der Waals surface area contributed by atoms with E-state index < -0.39 is 0 Å². The van der Waals surface area contributed by atoms with Crippen LogP contribution in [0.2, 0.25) is 5.02 Å². The number of amides is 1. The summed E-state index contributed by atoms with van der Waals surface area (Å²) < 4.78 is 5.68. The van der Waals surface area contributed by atoms with Crippen LogP contribution >= 0.6 is 39.9 Å². The lowest BCUT2D eigenvalue weighted by atomic mass is 10.1. The highest BCUT2D eigenvalue weighted by molar-refractivity contribution is 9.10. The van der Waals surface area contributed by atoms with Gasteiger partial charge in [-0.15, -0.1) is 12.4 Å². The first kappa shape index (κ1) is 12.6. The van der Waals surface area contributed by atoms with Crippen LogP contribution in [0, 0.1) is 0 Å². The van der Waals surface area contributed by atoms with Gasteiger partial charge in [0.25, 0.3) is 0 Å². The fraction of sp³-hybridized carbons (Fsp3) is 0.222. The second-order valence-electron chi connectivity index (χ2n) is 2.96. The SMILES string of the molecule is Cl.O=C1N[C@H](c2ccc(Cl)cc2Br)CO1. The van der Waals surface area contributed by atoms with Gasteiger partial charge in [-0.05, 0) is 17.7 Å². The molecule has 1 saturated heterocycles. The van der Waals surface area contributed by atoms with Gasteiger partial charge in [0.1, 0.15) is 6.61 Å². The predicted molar refractivity (Wildman–Crippen MR) is 63.6 cm³/mol. The Hall–Kier alpha value is -0.450. The van der Waals surface area contributed by atoms with Gasteiger partial charge in [0, 0.05) is 9.50 Å². The van der Waals surface area contributed by atoms with E-state index in [1.165, 1.54) is 0 Å². The van der Waals surface area contributed by atoms with E-state index in [0.717, 1.165) is 10.0 Å². The van der Waals surface area contributed by atoms with Gasteiger partial charge in [0.15, 0.2) is 0 Å². The van der Waals surface area contributed by atoms with E-state index in [1.54, 1.807) is 12.1 Å². The maximum absolute atomic E-state index is 10.8. The second-order valence-corrected chi connectivity index (χ2v) is 4.25. The molecule has 1 heterocycles. The van der Waals surface area contributed by atoms with Crippen molar-refractivity contribution in [2.75, 3.05) is 6.61 Å². The molecule has 15 heavy (non-hydrogen) atoms. The van der Waals surface area contributed by atoms with Crippen LogP contribution in [-0.2, 0) is 4.74 Å². The van der Waals surface area contributed by atoms with Crippen molar-refractivity contribution in [2.24, 2.45) is 0 Å². The molecule has 0 aliphatic carbocycles. The Morgan fingerprint density at radius 1 is 1.53 bits per heavy atom. The van der Waals surface area contributed by atoms with Crippen molar-refractivity contribution >= 4 is 46.0 Å². The minimum atomic E-state index is -0.378. The van der Waals surface area contributed by atoms with Crippen molar-refractivity contribution in [2.45, 2.75) is 6.04 Å². The number of carbonyl (C=O) groups is 1. The average Bonchev–Trinajstić information content (AvgIpc) is 2.51. The third kappa shape index (κ3) is 2.77. The van der Waals surface area contributed by atoms with Crippen LogP contribution in [0.3, 0.4) is 0 Å². The molecular formula is C9H8BrCl2NO2. The third-order valence-electron chi connectivity index (χ3n) is 2.01. The molecule has 1 N–H and O–H groups in total. The minimum absolute atomic E-state index is 0. The molecular weight excluding hydrogens is 305 g/mol. The highest BCUT2D eigenvalue weighted by atomic mass is 79.9. The highest BCUT2D eigenvalue weighted by Crippen LogP contribution is 2.28. The molecule has 1 fully saturated rings. The van der Waals surface area contributed by atoms with Gasteiger partial charge in [-0.2, -0.15) is 0 Å². The molecule has 1 aromatic carbocycles. The Balaban J connectivity index is 0.00000112. The molecule has 1 aliphatic heterocycles. The Bertz CT molecular complexity index is 386. The van der Waals surface area contributed by atoms with Crippen LogP contribution in [0.25, 0.3) is 0 Å². The summed E-state index contributed by atoms with van der Waals surface area (Å²) in [4.78, 5) is 10.8. The molecule has 1 atom stereocenters. The molecule has 6 heteroatoms. The van der Waals surface area contributed by atoms with Gasteiger partial charge in [-0.25, -0.2) is 4.79 Å². The number of hydrogen-bond donors (Lipinski definition) is 1. The average molecular weight is 313 g/mol. The summed E-state index contributed by atoms with van der Waals surface area (Å²) in [6, 6.07) is 5.36. The number of alkyl carbamates (subject to hydrolysis) is 1. The van der Waals surface area contributed by atoms with Crippen LogP contribution in [0.4, 0.5) is 4.79 Å². The first-order chi connectivity index (χ1) is 6.66. The number of nitrogens with one attached hydrogen (secondary N) is 1. The lowest BCUT2D eigenvalue weighted by Gasteiger charge is -2.09. The fourth-order valence-electron chi connectivity index (χ4n) is 1.34. The molecule has 3 nitrogen and oxygen atoms in total. The van der Waals surface area contributed by atoms with Crippen LogP contribution in [0.1, 0.15) is 11.6 Å². The Labute approximate surface area is 107 Å². The van der Waals surface area contributed by atoms with E-state index in [1.807, 2.05) is 6.07 Å². The smallest absolute Gasteiger partial charge is 0.407 e. The molecule has 2 rings (SSSR count). The van der Waals surface area contributed by atoms with Crippen LogP contribution in [0.5, 0.6) is 0 Å². The van der Waals surface area contributed by atoms with Crippen molar-refractivity contribution in [1.82, 2.24) is 5.32 Å². The van der Waals surface area contributed by atoms with Crippen molar-refractivity contribution in [3.05, 3.63) is 33.3 Å². The number of carbonyl (C=O) groups excluding carboxylic acids is 1. The minimum Gasteiger partial charge on any atom is -0.447 e. The number of cyclic esters (lactones) is 1. The molecule has 0 aromatic heterocycles. The molecule has 0 unspecified atom stereocenters. The van der Waals surface area contributed by atoms with Crippen molar-refractivity contribution in [1.29, 1.82) is 0 Å². The van der Waals surface area contributed by atoms with Crippen LogP contribution in [-0.4, -0.2) is 12.7 Å². The van der Waals surface area contributed by atoms with E-state index in [9.17, 15) is 4.79 Å². The van der Waals surface area contributed by atoms with E-state index in [-0.39, 0.29) is 24.5 Å². The van der Waals surface area contributed by atoms with Crippen molar-refractivity contribution in [3.8, 4) is 0 Å². The summed E-state index contributed by atoms with van der Waals surface area (Å²) in [6.07, 6.45) is -0.378. The van der Waals surface area contributed by atoms with Crippen molar-refractivity contribution in [3.63, 3.8) is 0 Å². The van der Waals surface area contributed by atoms with Gasteiger partial charge in [0.05, 0.1) is 6.04 Å². The zero-order valence-electron chi connectivity index (χ0n) is 7.50. The normalized spacial score (nSPS) is 19.1. The van der Waals surface area contributed by atoms with E-state index in [2.05, 4.69) is 21.2 Å². The zero-order chi connectivity index (χ0) is 10.1. The number of rotatable bonds is 1. The van der Waals surface area contributed by atoms with Gasteiger partial charge in [-0.3, -0.25) is 0 Å². The first-order valence-electron chi connectivity index (χ1n) is 4.05. The fourth-order valence-corrected chi connectivity index (χ4v) is 2.30. The number of ether oxygens (including phenoxy) is 1. The summed E-state index contributed by atoms with van der Waals surface area (Å²) in [5, 5.41) is 3.35. The standard InChI is InChI=1S/C9H7BrClNO2.ClH/c10-7-3-5(11)1-2-6(7)8-4-14-9(13)12-8;/h1-3,8H,4H2,(H,12,13);1H/t8-;/m0./s1. The predicted octanol–water partition coefficient (Wildman–Crippen LogP) is 3.31. The van der Waals surface area contributed by atoms with Crippen molar-refractivity contribution < 1.29 is 9.53 Å².